The Labute approximate surface area is 131 Å². The molecule has 0 radical (unpaired) electrons. The maximum absolute atomic E-state index is 12.4. The van der Waals surface area contributed by atoms with E-state index >= 15 is 0 Å². The van der Waals surface area contributed by atoms with Crippen LogP contribution in [-0.2, 0) is 16.1 Å². The average molecular weight is 303 g/mol. The number of benzene rings is 1. The van der Waals surface area contributed by atoms with Crippen LogP contribution in [0, 0.1) is 0 Å². The van der Waals surface area contributed by atoms with Gasteiger partial charge in [0.25, 0.3) is 0 Å². The average Bonchev–Trinajstić information content (AvgIpc) is 2.83. The lowest BCUT2D eigenvalue weighted by atomic mass is 10.2. The topological polar surface area (TPSA) is 47.4 Å². The molecule has 1 aromatic heterocycles. The van der Waals surface area contributed by atoms with E-state index in [2.05, 4.69) is 4.98 Å². The molecule has 2 rings (SSSR count). The maximum Gasteiger partial charge on any atom is 0.329 e. The SMILES string of the molecule is CCC(C)OC(=O)C(C)n1c(CN(C)C)nc2ccccc21. The smallest absolute Gasteiger partial charge is 0.329 e. The third-order valence-electron chi connectivity index (χ3n) is 3.75. The number of carbonyl (C=O) groups excluding carboxylic acids is 1. The molecule has 0 spiro atoms. The van der Waals surface area contributed by atoms with Crippen molar-refractivity contribution in [3.8, 4) is 0 Å². The van der Waals surface area contributed by atoms with Crippen LogP contribution in [-0.4, -0.2) is 40.6 Å². The van der Waals surface area contributed by atoms with Crippen LogP contribution in [0.15, 0.2) is 24.3 Å². The second-order valence-corrected chi connectivity index (χ2v) is 5.96. The van der Waals surface area contributed by atoms with Crippen molar-refractivity contribution in [2.24, 2.45) is 0 Å². The van der Waals surface area contributed by atoms with Crippen LogP contribution < -0.4 is 0 Å². The van der Waals surface area contributed by atoms with Gasteiger partial charge in [-0.15, -0.1) is 0 Å². The fourth-order valence-corrected chi connectivity index (χ4v) is 2.41. The normalized spacial score (nSPS) is 14.3. The quantitative estimate of drug-likeness (QED) is 0.770. The summed E-state index contributed by atoms with van der Waals surface area (Å²) in [5.41, 5.74) is 1.87. The molecule has 5 nitrogen and oxygen atoms in total. The van der Waals surface area contributed by atoms with Crippen LogP contribution in [0.4, 0.5) is 0 Å². The highest BCUT2D eigenvalue weighted by Crippen LogP contribution is 2.23. The molecule has 22 heavy (non-hydrogen) atoms. The number of imidazole rings is 1. The highest BCUT2D eigenvalue weighted by Gasteiger charge is 2.23. The lowest BCUT2D eigenvalue weighted by Gasteiger charge is -2.20. The molecular weight excluding hydrogens is 278 g/mol. The molecular formula is C17H25N3O2. The van der Waals surface area contributed by atoms with Gasteiger partial charge in [0.1, 0.15) is 11.9 Å². The van der Waals surface area contributed by atoms with Crippen molar-refractivity contribution >= 4 is 17.0 Å². The molecule has 0 fully saturated rings. The van der Waals surface area contributed by atoms with Gasteiger partial charge in [-0.2, -0.15) is 0 Å². The standard InChI is InChI=1S/C17H25N3O2/c1-6-12(2)22-17(21)13(3)20-15-10-8-7-9-14(15)18-16(20)11-19(4)5/h7-10,12-13H,6,11H2,1-5H3. The summed E-state index contributed by atoms with van der Waals surface area (Å²) in [6.45, 7) is 6.47. The summed E-state index contributed by atoms with van der Waals surface area (Å²) in [4.78, 5) is 19.1. The summed E-state index contributed by atoms with van der Waals surface area (Å²) >= 11 is 0. The van der Waals surface area contributed by atoms with Crippen LogP contribution in [0.2, 0.25) is 0 Å². The lowest BCUT2D eigenvalue weighted by Crippen LogP contribution is -2.26. The van der Waals surface area contributed by atoms with Crippen LogP contribution in [0.5, 0.6) is 0 Å². The molecule has 0 aliphatic rings. The van der Waals surface area contributed by atoms with Gasteiger partial charge in [-0.3, -0.25) is 0 Å². The fraction of sp³-hybridized carbons (Fsp3) is 0.529. The van der Waals surface area contributed by atoms with E-state index in [0.29, 0.717) is 6.54 Å². The van der Waals surface area contributed by atoms with Gasteiger partial charge in [-0.25, -0.2) is 9.78 Å². The molecule has 5 heteroatoms. The molecule has 2 atom stereocenters. The number of fused-ring (bicyclic) bond motifs is 1. The molecule has 0 N–H and O–H groups in total. The number of hydrogen-bond donors (Lipinski definition) is 0. The second-order valence-electron chi connectivity index (χ2n) is 5.96. The summed E-state index contributed by atoms with van der Waals surface area (Å²) in [6, 6.07) is 7.50. The summed E-state index contributed by atoms with van der Waals surface area (Å²) in [6.07, 6.45) is 0.746. The highest BCUT2D eigenvalue weighted by molar-refractivity contribution is 5.81. The first-order chi connectivity index (χ1) is 10.4. The zero-order valence-corrected chi connectivity index (χ0v) is 14.0. The molecule has 0 saturated carbocycles. The number of carbonyl (C=O) groups is 1. The molecule has 2 aromatic rings. The van der Waals surface area contributed by atoms with E-state index in [1.807, 2.05) is 68.6 Å². The zero-order chi connectivity index (χ0) is 16.3. The number of aromatic nitrogens is 2. The highest BCUT2D eigenvalue weighted by atomic mass is 16.5. The van der Waals surface area contributed by atoms with Gasteiger partial charge in [-0.05, 0) is 46.5 Å². The Morgan fingerprint density at radius 2 is 2.00 bits per heavy atom. The van der Waals surface area contributed by atoms with E-state index < -0.39 is 6.04 Å². The molecule has 2 unspecified atom stereocenters. The number of ether oxygens (including phenoxy) is 1. The first-order valence-electron chi connectivity index (χ1n) is 7.75. The van der Waals surface area contributed by atoms with Crippen molar-refractivity contribution in [3.05, 3.63) is 30.1 Å². The largest absolute Gasteiger partial charge is 0.461 e. The van der Waals surface area contributed by atoms with Crippen molar-refractivity contribution < 1.29 is 9.53 Å². The second kappa shape index (κ2) is 6.92. The first-order valence-corrected chi connectivity index (χ1v) is 7.75. The molecule has 120 valence electrons. The van der Waals surface area contributed by atoms with Gasteiger partial charge in [0.2, 0.25) is 0 Å². The summed E-state index contributed by atoms with van der Waals surface area (Å²) in [5.74, 6) is 0.664. The van der Waals surface area contributed by atoms with E-state index in [-0.39, 0.29) is 12.1 Å². The van der Waals surface area contributed by atoms with E-state index in [1.54, 1.807) is 0 Å². The number of hydrogen-bond acceptors (Lipinski definition) is 4. The van der Waals surface area contributed by atoms with Gasteiger partial charge >= 0.3 is 5.97 Å². The van der Waals surface area contributed by atoms with Gasteiger partial charge in [0.15, 0.2) is 0 Å². The third kappa shape index (κ3) is 3.47. The summed E-state index contributed by atoms with van der Waals surface area (Å²) < 4.78 is 7.48. The molecule has 0 saturated heterocycles. The predicted molar refractivity (Wildman–Crippen MR) is 87.7 cm³/mol. The molecule has 0 aliphatic carbocycles. The minimum absolute atomic E-state index is 0.0676. The van der Waals surface area contributed by atoms with Crippen molar-refractivity contribution in [3.63, 3.8) is 0 Å². The van der Waals surface area contributed by atoms with E-state index in [9.17, 15) is 4.79 Å². The van der Waals surface area contributed by atoms with Crippen molar-refractivity contribution in [1.82, 2.24) is 14.5 Å². The van der Waals surface area contributed by atoms with Crippen LogP contribution in [0.3, 0.4) is 0 Å². The minimum atomic E-state index is -0.392. The van der Waals surface area contributed by atoms with Crippen molar-refractivity contribution in [1.29, 1.82) is 0 Å². The van der Waals surface area contributed by atoms with E-state index in [0.717, 1.165) is 23.3 Å². The van der Waals surface area contributed by atoms with Gasteiger partial charge < -0.3 is 14.2 Å². The lowest BCUT2D eigenvalue weighted by molar-refractivity contribution is -0.151. The number of rotatable bonds is 6. The summed E-state index contributed by atoms with van der Waals surface area (Å²) in [5, 5.41) is 0. The Morgan fingerprint density at radius 1 is 1.32 bits per heavy atom. The zero-order valence-electron chi connectivity index (χ0n) is 14.0. The van der Waals surface area contributed by atoms with Gasteiger partial charge in [0.05, 0.1) is 23.7 Å². The number of nitrogens with zero attached hydrogens (tertiary/aromatic N) is 3. The Balaban J connectivity index is 2.40. The molecule has 0 aliphatic heterocycles. The van der Waals surface area contributed by atoms with Crippen LogP contribution >= 0.6 is 0 Å². The monoisotopic (exact) mass is 303 g/mol. The maximum atomic E-state index is 12.4. The molecule has 1 heterocycles. The third-order valence-corrected chi connectivity index (χ3v) is 3.75. The van der Waals surface area contributed by atoms with Crippen molar-refractivity contribution in [2.45, 2.75) is 45.9 Å². The van der Waals surface area contributed by atoms with Gasteiger partial charge in [0, 0.05) is 0 Å². The van der Waals surface area contributed by atoms with Crippen molar-refractivity contribution in [2.75, 3.05) is 14.1 Å². The number of esters is 1. The van der Waals surface area contributed by atoms with Gasteiger partial charge in [-0.1, -0.05) is 19.1 Å². The Hall–Kier alpha value is -1.88. The Morgan fingerprint density at radius 3 is 2.64 bits per heavy atom. The number of para-hydroxylation sites is 2. The molecule has 0 amide bonds. The molecule has 0 bridgehead atoms. The van der Waals surface area contributed by atoms with E-state index in [4.69, 9.17) is 4.74 Å². The Bertz CT molecular complexity index is 648. The fourth-order valence-electron chi connectivity index (χ4n) is 2.41. The first kappa shape index (κ1) is 16.5. The summed E-state index contributed by atoms with van der Waals surface area (Å²) in [7, 11) is 3.98. The van der Waals surface area contributed by atoms with Crippen LogP contribution in [0.25, 0.3) is 11.0 Å². The predicted octanol–water partition coefficient (Wildman–Crippen LogP) is 3.00. The van der Waals surface area contributed by atoms with E-state index in [1.165, 1.54) is 0 Å². The Kier molecular flexibility index (Phi) is 5.19. The molecule has 1 aromatic carbocycles. The van der Waals surface area contributed by atoms with Crippen LogP contribution in [0.1, 0.15) is 39.1 Å². The minimum Gasteiger partial charge on any atom is -0.461 e.